The van der Waals surface area contributed by atoms with E-state index in [0.29, 0.717) is 17.8 Å². The lowest BCUT2D eigenvalue weighted by atomic mass is 10.1. The zero-order valence-corrected chi connectivity index (χ0v) is 15.9. The first-order valence-corrected chi connectivity index (χ1v) is 9.56. The minimum Gasteiger partial charge on any atom is -0.455 e. The Kier molecular flexibility index (Phi) is 6.28. The summed E-state index contributed by atoms with van der Waals surface area (Å²) in [6.07, 6.45) is 4.38. The fraction of sp³-hybridized carbons (Fsp3) is 0.500. The van der Waals surface area contributed by atoms with E-state index in [1.807, 2.05) is 0 Å². The Hall–Kier alpha value is -2.90. The largest absolute Gasteiger partial charge is 0.455 e. The summed E-state index contributed by atoms with van der Waals surface area (Å²) in [6, 6.07) is 6.61. The van der Waals surface area contributed by atoms with Crippen molar-refractivity contribution in [1.29, 1.82) is 0 Å². The molecule has 1 aliphatic carbocycles. The Morgan fingerprint density at radius 3 is 2.46 bits per heavy atom. The Bertz CT molecular complexity index is 756. The summed E-state index contributed by atoms with van der Waals surface area (Å²) in [4.78, 5) is 49.7. The number of benzene rings is 1. The van der Waals surface area contributed by atoms with E-state index >= 15 is 0 Å². The highest BCUT2D eigenvalue weighted by Gasteiger charge is 2.39. The van der Waals surface area contributed by atoms with Crippen LogP contribution in [0.5, 0.6) is 0 Å². The number of amides is 3. The van der Waals surface area contributed by atoms with Crippen LogP contribution in [0.4, 0.5) is 5.69 Å². The second-order valence-electron chi connectivity index (χ2n) is 7.20. The number of anilines is 1. The standard InChI is InChI=1S/C20H25N3O5/c1-21-19(26)13-6-8-15(9-7-13)22-17(24)12-28-20(27)14-10-18(25)23(11-14)16-4-2-3-5-16/h6-9,14,16H,2-5,10-12H2,1H3,(H,21,26)(H,22,24)/t14-/m1/s1. The monoisotopic (exact) mass is 387 g/mol. The molecule has 2 N–H and O–H groups in total. The molecule has 3 rings (SSSR count). The van der Waals surface area contributed by atoms with Crippen molar-refractivity contribution in [3.05, 3.63) is 29.8 Å². The van der Waals surface area contributed by atoms with Crippen molar-refractivity contribution >= 4 is 29.4 Å². The van der Waals surface area contributed by atoms with E-state index in [4.69, 9.17) is 4.74 Å². The Morgan fingerprint density at radius 1 is 1.14 bits per heavy atom. The van der Waals surface area contributed by atoms with Gasteiger partial charge in [-0.15, -0.1) is 0 Å². The van der Waals surface area contributed by atoms with E-state index in [-0.39, 0.29) is 24.3 Å². The molecule has 8 heteroatoms. The van der Waals surface area contributed by atoms with E-state index in [1.165, 1.54) is 7.05 Å². The maximum atomic E-state index is 12.2. The highest BCUT2D eigenvalue weighted by Crippen LogP contribution is 2.29. The average molecular weight is 387 g/mol. The first-order valence-electron chi connectivity index (χ1n) is 9.56. The number of likely N-dealkylation sites (tertiary alicyclic amines) is 1. The topological polar surface area (TPSA) is 105 Å². The van der Waals surface area contributed by atoms with E-state index in [2.05, 4.69) is 10.6 Å². The summed E-state index contributed by atoms with van der Waals surface area (Å²) in [5.74, 6) is -1.72. The van der Waals surface area contributed by atoms with Crippen LogP contribution in [0.1, 0.15) is 42.5 Å². The van der Waals surface area contributed by atoms with Crippen LogP contribution < -0.4 is 10.6 Å². The molecule has 1 saturated heterocycles. The van der Waals surface area contributed by atoms with Crippen LogP contribution >= 0.6 is 0 Å². The Labute approximate surface area is 163 Å². The zero-order chi connectivity index (χ0) is 20.1. The van der Waals surface area contributed by atoms with Crippen molar-refractivity contribution in [2.24, 2.45) is 5.92 Å². The van der Waals surface area contributed by atoms with Gasteiger partial charge < -0.3 is 20.3 Å². The SMILES string of the molecule is CNC(=O)c1ccc(NC(=O)COC(=O)[C@@H]2CC(=O)N(C3CCCC3)C2)cc1. The van der Waals surface area contributed by atoms with Crippen LogP contribution in [0.15, 0.2) is 24.3 Å². The van der Waals surface area contributed by atoms with Crippen LogP contribution in [0.25, 0.3) is 0 Å². The summed E-state index contributed by atoms with van der Waals surface area (Å²) >= 11 is 0. The number of nitrogens with one attached hydrogen (secondary N) is 2. The van der Waals surface area contributed by atoms with Crippen LogP contribution in [-0.4, -0.2) is 54.8 Å². The third-order valence-corrected chi connectivity index (χ3v) is 5.26. The predicted octanol–water partition coefficient (Wildman–Crippen LogP) is 1.32. The van der Waals surface area contributed by atoms with Crippen molar-refractivity contribution in [2.75, 3.05) is 25.5 Å². The number of esters is 1. The summed E-state index contributed by atoms with van der Waals surface area (Å²) in [6.45, 7) is -0.0327. The van der Waals surface area contributed by atoms with E-state index in [1.54, 1.807) is 29.2 Å². The number of carbonyl (C=O) groups is 4. The lowest BCUT2D eigenvalue weighted by molar-refractivity contribution is -0.151. The van der Waals surface area contributed by atoms with Crippen molar-refractivity contribution in [2.45, 2.75) is 38.1 Å². The molecule has 0 aromatic heterocycles. The summed E-state index contributed by atoms with van der Waals surface area (Å²) < 4.78 is 5.10. The molecule has 1 aliphatic heterocycles. The van der Waals surface area contributed by atoms with Gasteiger partial charge >= 0.3 is 5.97 Å². The molecule has 1 aromatic carbocycles. The molecule has 8 nitrogen and oxygen atoms in total. The number of hydrogen-bond acceptors (Lipinski definition) is 5. The van der Waals surface area contributed by atoms with Gasteiger partial charge in [0.05, 0.1) is 5.92 Å². The molecule has 1 heterocycles. The number of ether oxygens (including phenoxy) is 1. The lowest BCUT2D eigenvalue weighted by Crippen LogP contribution is -2.35. The Balaban J connectivity index is 1.44. The van der Waals surface area contributed by atoms with Crippen molar-refractivity contribution in [3.8, 4) is 0 Å². The van der Waals surface area contributed by atoms with Gasteiger partial charge in [-0.3, -0.25) is 19.2 Å². The van der Waals surface area contributed by atoms with Gasteiger partial charge in [0.25, 0.3) is 11.8 Å². The fourth-order valence-corrected chi connectivity index (χ4v) is 3.76. The minimum absolute atomic E-state index is 0.00509. The third kappa shape index (κ3) is 4.68. The second-order valence-corrected chi connectivity index (χ2v) is 7.20. The molecular weight excluding hydrogens is 362 g/mol. The fourth-order valence-electron chi connectivity index (χ4n) is 3.76. The molecule has 1 aromatic rings. The van der Waals surface area contributed by atoms with E-state index < -0.39 is 24.4 Å². The maximum absolute atomic E-state index is 12.2. The third-order valence-electron chi connectivity index (χ3n) is 5.26. The smallest absolute Gasteiger partial charge is 0.311 e. The van der Waals surface area contributed by atoms with Gasteiger partial charge in [0.2, 0.25) is 5.91 Å². The van der Waals surface area contributed by atoms with Crippen LogP contribution in [0.3, 0.4) is 0 Å². The summed E-state index contributed by atoms with van der Waals surface area (Å²) in [7, 11) is 1.54. The average Bonchev–Trinajstić information content (AvgIpc) is 3.35. The molecule has 0 spiro atoms. The first kappa shape index (κ1) is 19.9. The van der Waals surface area contributed by atoms with Crippen molar-refractivity contribution in [3.63, 3.8) is 0 Å². The highest BCUT2D eigenvalue weighted by molar-refractivity contribution is 5.96. The van der Waals surface area contributed by atoms with E-state index in [0.717, 1.165) is 25.7 Å². The number of hydrogen-bond donors (Lipinski definition) is 2. The molecule has 3 amide bonds. The van der Waals surface area contributed by atoms with Crippen LogP contribution in [0, 0.1) is 5.92 Å². The maximum Gasteiger partial charge on any atom is 0.311 e. The number of carbonyl (C=O) groups excluding carboxylic acids is 4. The molecule has 2 fully saturated rings. The van der Waals surface area contributed by atoms with Gasteiger partial charge in [0.1, 0.15) is 0 Å². The van der Waals surface area contributed by atoms with E-state index in [9.17, 15) is 19.2 Å². The summed E-state index contributed by atoms with van der Waals surface area (Å²) in [5.41, 5.74) is 0.974. The van der Waals surface area contributed by atoms with Gasteiger partial charge in [-0.2, -0.15) is 0 Å². The normalized spacial score (nSPS) is 19.5. The molecule has 0 radical (unpaired) electrons. The number of nitrogens with zero attached hydrogens (tertiary/aromatic N) is 1. The molecule has 1 saturated carbocycles. The van der Waals surface area contributed by atoms with Gasteiger partial charge in [-0.05, 0) is 37.1 Å². The molecule has 0 bridgehead atoms. The van der Waals surface area contributed by atoms with Gasteiger partial charge in [-0.25, -0.2) is 0 Å². The first-order chi connectivity index (χ1) is 13.5. The molecule has 28 heavy (non-hydrogen) atoms. The molecule has 1 atom stereocenters. The minimum atomic E-state index is -0.515. The molecule has 150 valence electrons. The predicted molar refractivity (Wildman–Crippen MR) is 101 cm³/mol. The van der Waals surface area contributed by atoms with Gasteiger partial charge in [-0.1, -0.05) is 12.8 Å². The lowest BCUT2D eigenvalue weighted by Gasteiger charge is -2.23. The molecule has 0 unspecified atom stereocenters. The summed E-state index contributed by atoms with van der Waals surface area (Å²) in [5, 5.41) is 5.12. The van der Waals surface area contributed by atoms with Crippen LogP contribution in [0.2, 0.25) is 0 Å². The molecule has 2 aliphatic rings. The van der Waals surface area contributed by atoms with Crippen molar-refractivity contribution < 1.29 is 23.9 Å². The van der Waals surface area contributed by atoms with Gasteiger partial charge in [0, 0.05) is 37.3 Å². The Morgan fingerprint density at radius 2 is 1.82 bits per heavy atom. The highest BCUT2D eigenvalue weighted by atomic mass is 16.5. The zero-order valence-electron chi connectivity index (χ0n) is 15.9. The van der Waals surface area contributed by atoms with Gasteiger partial charge in [0.15, 0.2) is 6.61 Å². The quantitative estimate of drug-likeness (QED) is 0.717. The van der Waals surface area contributed by atoms with Crippen molar-refractivity contribution in [1.82, 2.24) is 10.2 Å². The molecular formula is C20H25N3O5. The second kappa shape index (κ2) is 8.86. The number of rotatable bonds is 6. The van der Waals surface area contributed by atoms with Crippen LogP contribution in [-0.2, 0) is 19.1 Å².